The quantitative estimate of drug-likeness (QED) is 0.213. The first kappa shape index (κ1) is 60.3. The highest BCUT2D eigenvalue weighted by Crippen LogP contribution is 2.30. The van der Waals surface area contributed by atoms with Crippen LogP contribution in [0.15, 0.2) is 24.3 Å². The van der Waals surface area contributed by atoms with E-state index in [0.29, 0.717) is 50.5 Å². The molecule has 3 fully saturated rings. The molecule has 19 heteroatoms. The highest BCUT2D eigenvalue weighted by atomic mass is 35.5. The minimum Gasteiger partial charge on any atom is -0.444 e. The van der Waals surface area contributed by atoms with E-state index in [-0.39, 0.29) is 79.5 Å². The molecule has 3 aliphatic heterocycles. The second kappa shape index (κ2) is 26.9. The molecule has 380 valence electrons. The summed E-state index contributed by atoms with van der Waals surface area (Å²) in [6.45, 7) is 29.7. The molecule has 3 atom stereocenters. The van der Waals surface area contributed by atoms with E-state index in [1.165, 1.54) is 12.1 Å². The highest BCUT2D eigenvalue weighted by Gasteiger charge is 2.37. The van der Waals surface area contributed by atoms with Gasteiger partial charge in [-0.15, -0.1) is 12.4 Å². The summed E-state index contributed by atoms with van der Waals surface area (Å²) in [5, 5.41) is 6.81. The topological polar surface area (TPSA) is 124 Å². The molecule has 2 aromatic carbocycles. The van der Waals surface area contributed by atoms with Crippen molar-refractivity contribution in [3.8, 4) is 0 Å². The molecule has 2 aromatic rings. The summed E-state index contributed by atoms with van der Waals surface area (Å²) in [6, 6.07) is 5.06. The Hall–Kier alpha value is -2.85. The number of ether oxygens (including phenoxy) is 2. The van der Waals surface area contributed by atoms with Gasteiger partial charge in [-0.05, 0) is 116 Å². The third-order valence-electron chi connectivity index (χ3n) is 10.5. The number of amides is 4. The van der Waals surface area contributed by atoms with Crippen LogP contribution in [0.25, 0.3) is 0 Å². The van der Waals surface area contributed by atoms with Crippen molar-refractivity contribution in [3.63, 3.8) is 0 Å². The van der Waals surface area contributed by atoms with Crippen molar-refractivity contribution in [2.45, 2.75) is 132 Å². The molecule has 0 spiro atoms. The average molecular weight is 1050 g/mol. The van der Waals surface area contributed by atoms with E-state index in [1.54, 1.807) is 19.6 Å². The molecule has 67 heavy (non-hydrogen) atoms. The lowest BCUT2D eigenvalue weighted by Crippen LogP contribution is -2.45. The van der Waals surface area contributed by atoms with Gasteiger partial charge in [-0.1, -0.05) is 87.9 Å². The van der Waals surface area contributed by atoms with Crippen molar-refractivity contribution in [1.29, 1.82) is 0 Å². The standard InChI is InChI=1S/C20H27Cl2FN2O3.C15H19Cl2FN2O.C13H26N2O2.ClH/c1-12(2)10-25(18(26)14-8-17(23)16(22)9-15(14)21)13-6-7-24(11-13)19(27)28-20(3,4)5;1-9(2)8-20(10-3-4-19-7-10)15(21)11-5-14(18)13(17)6-12(11)16;1-10(2)8-14-11-6-7-15(9-11)12(16)17-13(3,4)5;/h8-9,12-13H,6-7,10-11H2,1-5H3;5-6,9-10,19H,3-4,7-8H2,1-2H3;10-11,14H,6-9H2,1-5H3;1H/t13-;10-;11-;/m000./s1. The Morgan fingerprint density at radius 3 is 1.51 bits per heavy atom. The Labute approximate surface area is 423 Å². The van der Waals surface area contributed by atoms with Crippen LogP contribution in [0.3, 0.4) is 0 Å². The monoisotopic (exact) mass is 1040 g/mol. The van der Waals surface area contributed by atoms with E-state index >= 15 is 0 Å². The molecule has 0 aromatic heterocycles. The largest absolute Gasteiger partial charge is 0.444 e. The Morgan fingerprint density at radius 1 is 0.672 bits per heavy atom. The first-order valence-corrected chi connectivity index (χ1v) is 24.4. The normalized spacial score (nSPS) is 18.3. The lowest BCUT2D eigenvalue weighted by molar-refractivity contribution is 0.0269. The van der Waals surface area contributed by atoms with Gasteiger partial charge in [0.1, 0.15) is 22.8 Å². The van der Waals surface area contributed by atoms with Gasteiger partial charge in [0.2, 0.25) is 0 Å². The number of carbonyl (C=O) groups is 4. The lowest BCUT2D eigenvalue weighted by Gasteiger charge is -2.31. The van der Waals surface area contributed by atoms with Crippen LogP contribution in [0, 0.1) is 29.4 Å². The Morgan fingerprint density at radius 2 is 1.10 bits per heavy atom. The fourth-order valence-corrected chi connectivity index (χ4v) is 8.41. The maximum atomic E-state index is 13.9. The molecule has 0 saturated carbocycles. The fourth-order valence-electron chi connectivity index (χ4n) is 7.48. The predicted octanol–water partition coefficient (Wildman–Crippen LogP) is 11.5. The van der Waals surface area contributed by atoms with Gasteiger partial charge in [0.05, 0.1) is 37.3 Å². The van der Waals surface area contributed by atoms with E-state index < -0.39 is 28.9 Å². The van der Waals surface area contributed by atoms with Crippen molar-refractivity contribution < 1.29 is 37.4 Å². The number of benzene rings is 2. The Kier molecular flexibility index (Phi) is 24.2. The molecular weight excluding hydrogens is 972 g/mol. The predicted molar refractivity (Wildman–Crippen MR) is 268 cm³/mol. The second-order valence-electron chi connectivity index (χ2n) is 20.4. The molecule has 3 aliphatic rings. The number of carbonyl (C=O) groups excluding carboxylic acids is 4. The maximum absolute atomic E-state index is 13.9. The number of likely N-dealkylation sites (tertiary alicyclic amines) is 2. The zero-order valence-corrected chi connectivity index (χ0v) is 45.0. The first-order chi connectivity index (χ1) is 30.6. The van der Waals surface area contributed by atoms with Crippen LogP contribution < -0.4 is 10.6 Å². The smallest absolute Gasteiger partial charge is 0.410 e. The maximum Gasteiger partial charge on any atom is 0.410 e. The first-order valence-electron chi connectivity index (χ1n) is 22.9. The van der Waals surface area contributed by atoms with Gasteiger partial charge >= 0.3 is 12.2 Å². The molecule has 0 bridgehead atoms. The number of rotatable bonds is 11. The van der Waals surface area contributed by atoms with Crippen LogP contribution in [0.5, 0.6) is 0 Å². The van der Waals surface area contributed by atoms with E-state index in [0.717, 1.165) is 57.7 Å². The highest BCUT2D eigenvalue weighted by molar-refractivity contribution is 6.37. The summed E-state index contributed by atoms with van der Waals surface area (Å²) in [4.78, 5) is 56.9. The summed E-state index contributed by atoms with van der Waals surface area (Å²) >= 11 is 23.7. The SMILES string of the molecule is CC(C)CN(C(=O)c1cc(F)c(Cl)cc1Cl)[C@H]1CCN(C(=O)OC(C)(C)C)C1.CC(C)CN(C(=O)c1cc(F)c(Cl)cc1Cl)[C@H]1CCNC1.CC(C)CN[C@H]1CCN(C(=O)OC(C)(C)C)C1.Cl. The Bertz CT molecular complexity index is 1960. The van der Waals surface area contributed by atoms with Crippen molar-refractivity contribution in [2.75, 3.05) is 58.9 Å². The van der Waals surface area contributed by atoms with Crippen LogP contribution in [0.1, 0.15) is 123 Å². The van der Waals surface area contributed by atoms with E-state index in [2.05, 4.69) is 24.5 Å². The van der Waals surface area contributed by atoms with Crippen LogP contribution in [-0.2, 0) is 9.47 Å². The van der Waals surface area contributed by atoms with Crippen LogP contribution in [0.4, 0.5) is 18.4 Å². The van der Waals surface area contributed by atoms with Gasteiger partial charge < -0.3 is 39.7 Å². The van der Waals surface area contributed by atoms with Gasteiger partial charge in [0.25, 0.3) is 11.8 Å². The third kappa shape index (κ3) is 19.8. The van der Waals surface area contributed by atoms with Crippen LogP contribution in [0.2, 0.25) is 20.1 Å². The molecule has 0 unspecified atom stereocenters. The van der Waals surface area contributed by atoms with Gasteiger partial charge in [-0.3, -0.25) is 9.59 Å². The lowest BCUT2D eigenvalue weighted by atomic mass is 10.1. The van der Waals surface area contributed by atoms with Crippen molar-refractivity contribution in [3.05, 3.63) is 67.1 Å². The van der Waals surface area contributed by atoms with Gasteiger partial charge in [-0.2, -0.15) is 0 Å². The molecule has 0 radical (unpaired) electrons. The van der Waals surface area contributed by atoms with E-state index in [4.69, 9.17) is 55.9 Å². The molecule has 12 nitrogen and oxygen atoms in total. The second-order valence-corrected chi connectivity index (χ2v) is 22.1. The van der Waals surface area contributed by atoms with Crippen molar-refractivity contribution in [1.82, 2.24) is 30.2 Å². The molecule has 0 aliphatic carbocycles. The minimum absolute atomic E-state index is 0. The number of hydrogen-bond acceptors (Lipinski definition) is 8. The Balaban J connectivity index is 0.000000354. The summed E-state index contributed by atoms with van der Waals surface area (Å²) in [6.07, 6.45) is 1.94. The van der Waals surface area contributed by atoms with E-state index in [1.807, 2.05) is 69.2 Å². The van der Waals surface area contributed by atoms with Gasteiger partial charge in [-0.25, -0.2) is 18.4 Å². The molecule has 5 rings (SSSR count). The minimum atomic E-state index is -0.694. The molecular formula is C48H73Cl5F2N6O6. The summed E-state index contributed by atoms with van der Waals surface area (Å²) in [5.74, 6) is -0.769. The van der Waals surface area contributed by atoms with E-state index in [9.17, 15) is 28.0 Å². The summed E-state index contributed by atoms with van der Waals surface area (Å²) < 4.78 is 38.3. The fraction of sp³-hybridized carbons (Fsp3) is 0.667. The molecule has 3 heterocycles. The van der Waals surface area contributed by atoms with Crippen molar-refractivity contribution in [2.24, 2.45) is 17.8 Å². The summed E-state index contributed by atoms with van der Waals surface area (Å²) in [5.41, 5.74) is -0.747. The third-order valence-corrected chi connectivity index (χ3v) is 11.7. The number of halogens is 7. The van der Waals surface area contributed by atoms with Gasteiger partial charge in [0.15, 0.2) is 0 Å². The molecule has 4 amide bonds. The van der Waals surface area contributed by atoms with Crippen LogP contribution in [-0.4, -0.2) is 132 Å². The number of nitrogens with zero attached hydrogens (tertiary/aromatic N) is 4. The number of nitrogens with one attached hydrogen (secondary N) is 2. The van der Waals surface area contributed by atoms with Gasteiger partial charge in [0, 0.05) is 57.9 Å². The zero-order valence-electron chi connectivity index (χ0n) is 41.2. The molecule has 2 N–H and O–H groups in total. The van der Waals surface area contributed by atoms with Crippen LogP contribution >= 0.6 is 58.8 Å². The van der Waals surface area contributed by atoms with Crippen molar-refractivity contribution >= 4 is 82.8 Å². The number of hydrogen-bond donors (Lipinski definition) is 2. The average Bonchev–Trinajstić information content (AvgIpc) is 4.00. The zero-order chi connectivity index (χ0) is 49.8. The molecule has 3 saturated heterocycles. The summed E-state index contributed by atoms with van der Waals surface area (Å²) in [7, 11) is 0.